The first-order valence-electron chi connectivity index (χ1n) is 9.06. The van der Waals surface area contributed by atoms with Crippen molar-refractivity contribution in [1.82, 2.24) is 0 Å². The molecule has 0 unspecified atom stereocenters. The molecule has 156 valence electrons. The summed E-state index contributed by atoms with van der Waals surface area (Å²) in [5.74, 6) is 0.367. The number of benzene rings is 3. The highest BCUT2D eigenvalue weighted by molar-refractivity contribution is 9.10. The maximum Gasteiger partial charge on any atom is 0.339 e. The van der Waals surface area contributed by atoms with Crippen LogP contribution in [0.25, 0.3) is 0 Å². The Kier molecular flexibility index (Phi) is 7.18. The zero-order chi connectivity index (χ0) is 21.7. The average molecular weight is 509 g/mol. The van der Waals surface area contributed by atoms with Gasteiger partial charge in [-0.3, -0.25) is 4.99 Å². The van der Waals surface area contributed by atoms with Crippen molar-refractivity contribution < 1.29 is 17.3 Å². The fourth-order valence-electron chi connectivity index (χ4n) is 2.56. The molecule has 0 radical (unpaired) electrons. The predicted molar refractivity (Wildman–Crippen MR) is 123 cm³/mol. The van der Waals surface area contributed by atoms with Crippen LogP contribution in [0.2, 0.25) is 5.02 Å². The average Bonchev–Trinajstić information content (AvgIpc) is 2.72. The number of hydrogen-bond donors (Lipinski definition) is 0. The zero-order valence-corrected chi connectivity index (χ0v) is 19.5. The van der Waals surface area contributed by atoms with Gasteiger partial charge in [-0.15, -0.1) is 0 Å². The van der Waals surface area contributed by atoms with E-state index in [0.29, 0.717) is 27.4 Å². The van der Waals surface area contributed by atoms with E-state index in [1.807, 2.05) is 19.1 Å². The summed E-state index contributed by atoms with van der Waals surface area (Å²) in [5.41, 5.74) is 2.37. The lowest BCUT2D eigenvalue weighted by Crippen LogP contribution is -2.11. The highest BCUT2D eigenvalue weighted by Gasteiger charge is 2.22. The SMILES string of the molecule is CCOc1cc(C=Nc2ccc(C)c(Cl)c2)cc(Br)c1OS(=O)(=O)c1ccccc1. The van der Waals surface area contributed by atoms with Gasteiger partial charge in [-0.1, -0.05) is 35.9 Å². The van der Waals surface area contributed by atoms with Crippen LogP contribution >= 0.6 is 27.5 Å². The maximum atomic E-state index is 12.6. The Morgan fingerprint density at radius 1 is 1.10 bits per heavy atom. The van der Waals surface area contributed by atoms with E-state index >= 15 is 0 Å². The molecule has 30 heavy (non-hydrogen) atoms. The van der Waals surface area contributed by atoms with E-state index in [9.17, 15) is 8.42 Å². The topological polar surface area (TPSA) is 65.0 Å². The fourth-order valence-corrected chi connectivity index (χ4v) is 4.36. The maximum absolute atomic E-state index is 12.6. The largest absolute Gasteiger partial charge is 0.490 e. The number of rotatable bonds is 7. The summed E-state index contributed by atoms with van der Waals surface area (Å²) in [6, 6.07) is 16.8. The second-order valence-corrected chi connectivity index (χ2v) is 9.11. The van der Waals surface area contributed by atoms with Crippen LogP contribution in [0.4, 0.5) is 5.69 Å². The molecular weight excluding hydrogens is 490 g/mol. The van der Waals surface area contributed by atoms with Crippen molar-refractivity contribution in [3.63, 3.8) is 0 Å². The minimum absolute atomic E-state index is 0.0567. The predicted octanol–water partition coefficient (Wildman–Crippen LogP) is 6.33. The summed E-state index contributed by atoms with van der Waals surface area (Å²) in [6.07, 6.45) is 1.64. The van der Waals surface area contributed by atoms with Gasteiger partial charge < -0.3 is 8.92 Å². The molecule has 0 amide bonds. The van der Waals surface area contributed by atoms with E-state index in [2.05, 4.69) is 20.9 Å². The third kappa shape index (κ3) is 5.41. The zero-order valence-electron chi connectivity index (χ0n) is 16.3. The highest BCUT2D eigenvalue weighted by Crippen LogP contribution is 2.38. The van der Waals surface area contributed by atoms with Gasteiger partial charge in [-0.05, 0) is 77.3 Å². The van der Waals surface area contributed by atoms with Crippen molar-refractivity contribution >= 4 is 49.6 Å². The van der Waals surface area contributed by atoms with Crippen LogP contribution in [-0.4, -0.2) is 21.2 Å². The molecule has 0 N–H and O–H groups in total. The van der Waals surface area contributed by atoms with Crippen LogP contribution in [0, 0.1) is 6.92 Å². The summed E-state index contributed by atoms with van der Waals surface area (Å²) >= 11 is 9.53. The second kappa shape index (κ2) is 9.64. The third-order valence-electron chi connectivity index (χ3n) is 4.07. The summed E-state index contributed by atoms with van der Waals surface area (Å²) in [7, 11) is -4.01. The van der Waals surface area contributed by atoms with Crippen molar-refractivity contribution in [1.29, 1.82) is 0 Å². The number of nitrogens with zero attached hydrogens (tertiary/aromatic N) is 1. The van der Waals surface area contributed by atoms with Crippen molar-refractivity contribution in [3.8, 4) is 11.5 Å². The Morgan fingerprint density at radius 2 is 1.83 bits per heavy atom. The molecule has 0 aliphatic rings. The van der Waals surface area contributed by atoms with Crippen LogP contribution in [0.1, 0.15) is 18.1 Å². The molecule has 0 saturated heterocycles. The van der Waals surface area contributed by atoms with Gasteiger partial charge in [0.2, 0.25) is 0 Å². The number of aryl methyl sites for hydroxylation is 1. The second-order valence-electron chi connectivity index (χ2n) is 6.31. The third-order valence-corrected chi connectivity index (χ3v) is 6.31. The normalized spacial score (nSPS) is 11.6. The molecule has 3 rings (SSSR count). The molecule has 5 nitrogen and oxygen atoms in total. The summed E-state index contributed by atoms with van der Waals surface area (Å²) in [4.78, 5) is 4.48. The van der Waals surface area contributed by atoms with Gasteiger partial charge >= 0.3 is 10.1 Å². The summed E-state index contributed by atoms with van der Waals surface area (Å²) in [5, 5.41) is 0.635. The molecular formula is C22H19BrClNO4S. The first-order chi connectivity index (χ1) is 14.3. The lowest BCUT2D eigenvalue weighted by molar-refractivity contribution is 0.327. The molecule has 3 aromatic rings. The monoisotopic (exact) mass is 507 g/mol. The molecule has 3 aromatic carbocycles. The first kappa shape index (κ1) is 22.3. The van der Waals surface area contributed by atoms with Gasteiger partial charge in [0.15, 0.2) is 11.5 Å². The summed E-state index contributed by atoms with van der Waals surface area (Å²) in [6.45, 7) is 4.06. The van der Waals surface area contributed by atoms with E-state index in [-0.39, 0.29) is 16.4 Å². The summed E-state index contributed by atoms with van der Waals surface area (Å²) < 4.78 is 36.7. The Hall–Kier alpha value is -2.35. The van der Waals surface area contributed by atoms with Gasteiger partial charge in [-0.2, -0.15) is 8.42 Å². The van der Waals surface area contributed by atoms with E-state index in [4.69, 9.17) is 20.5 Å². The fraction of sp³-hybridized carbons (Fsp3) is 0.136. The van der Waals surface area contributed by atoms with Crippen molar-refractivity contribution in [3.05, 3.63) is 81.3 Å². The Balaban J connectivity index is 1.94. The number of aliphatic imine (C=N–C) groups is 1. The number of hydrogen-bond acceptors (Lipinski definition) is 5. The lowest BCUT2D eigenvalue weighted by atomic mass is 10.2. The molecule has 0 aliphatic heterocycles. The van der Waals surface area contributed by atoms with Gasteiger partial charge in [0.05, 0.1) is 16.8 Å². The Bertz CT molecular complexity index is 1180. The molecule has 0 spiro atoms. The standard InChI is InChI=1S/C22H19BrClNO4S/c1-3-28-21-12-16(14-25-17-10-9-15(2)20(24)13-17)11-19(23)22(21)29-30(26,27)18-7-5-4-6-8-18/h4-14H,3H2,1-2H3. The molecule has 0 atom stereocenters. The van der Waals surface area contributed by atoms with Crippen LogP contribution in [0.3, 0.4) is 0 Å². The minimum Gasteiger partial charge on any atom is -0.490 e. The molecule has 0 aliphatic carbocycles. The van der Waals surface area contributed by atoms with Crippen molar-refractivity contribution in [2.24, 2.45) is 4.99 Å². The Morgan fingerprint density at radius 3 is 2.50 bits per heavy atom. The quantitative estimate of drug-likeness (QED) is 0.276. The van der Waals surface area contributed by atoms with Crippen LogP contribution < -0.4 is 8.92 Å². The number of ether oxygens (including phenoxy) is 1. The Labute approximate surface area is 189 Å². The lowest BCUT2D eigenvalue weighted by Gasteiger charge is -2.14. The molecule has 0 fully saturated rings. The van der Waals surface area contributed by atoms with Gasteiger partial charge in [-0.25, -0.2) is 0 Å². The van der Waals surface area contributed by atoms with Crippen LogP contribution in [0.5, 0.6) is 11.5 Å². The van der Waals surface area contributed by atoms with E-state index < -0.39 is 10.1 Å². The van der Waals surface area contributed by atoms with Gasteiger partial charge in [0, 0.05) is 11.2 Å². The van der Waals surface area contributed by atoms with Crippen molar-refractivity contribution in [2.45, 2.75) is 18.7 Å². The van der Waals surface area contributed by atoms with E-state index in [1.54, 1.807) is 49.5 Å². The first-order valence-corrected chi connectivity index (χ1v) is 11.6. The van der Waals surface area contributed by atoms with E-state index in [1.165, 1.54) is 12.1 Å². The number of halogens is 2. The molecule has 0 bridgehead atoms. The van der Waals surface area contributed by atoms with E-state index in [0.717, 1.165) is 5.56 Å². The molecule has 0 saturated carbocycles. The molecule has 0 aromatic heterocycles. The van der Waals surface area contributed by atoms with Gasteiger partial charge in [0.25, 0.3) is 0 Å². The van der Waals surface area contributed by atoms with Crippen LogP contribution in [0.15, 0.2) is 75.0 Å². The van der Waals surface area contributed by atoms with Crippen molar-refractivity contribution in [2.75, 3.05) is 6.61 Å². The highest BCUT2D eigenvalue weighted by atomic mass is 79.9. The van der Waals surface area contributed by atoms with Crippen LogP contribution in [-0.2, 0) is 10.1 Å². The smallest absolute Gasteiger partial charge is 0.339 e. The molecule has 8 heteroatoms. The van der Waals surface area contributed by atoms with Gasteiger partial charge in [0.1, 0.15) is 4.90 Å². The minimum atomic E-state index is -4.01. The molecule has 0 heterocycles.